The monoisotopic (exact) mass is 323 g/mol. The van der Waals surface area contributed by atoms with Crippen LogP contribution in [0.2, 0.25) is 0 Å². The minimum atomic E-state index is -0.870. The van der Waals surface area contributed by atoms with Gasteiger partial charge in [-0.05, 0) is 24.6 Å². The Hall–Kier alpha value is -1.69. The van der Waals surface area contributed by atoms with Gasteiger partial charge in [-0.2, -0.15) is 11.8 Å². The van der Waals surface area contributed by atoms with Crippen LogP contribution in [0.3, 0.4) is 0 Å². The molecule has 0 radical (unpaired) electrons. The highest BCUT2D eigenvalue weighted by Crippen LogP contribution is 2.23. The third-order valence-corrected chi connectivity index (χ3v) is 4.54. The molecule has 1 atom stereocenters. The number of benzene rings is 1. The lowest BCUT2D eigenvalue weighted by Crippen LogP contribution is -2.47. The van der Waals surface area contributed by atoms with E-state index >= 15 is 0 Å². The molecule has 1 amide bonds. The second kappa shape index (κ2) is 8.08. The molecular weight excluding hydrogens is 302 g/mol. The molecule has 0 aliphatic carbocycles. The largest absolute Gasteiger partial charge is 0.494 e. The molecule has 1 aliphatic heterocycles. The quantitative estimate of drug-likeness (QED) is 0.871. The van der Waals surface area contributed by atoms with Crippen LogP contribution in [0.5, 0.6) is 5.75 Å². The van der Waals surface area contributed by atoms with Crippen molar-refractivity contribution in [3.05, 3.63) is 29.8 Å². The first-order valence-corrected chi connectivity index (χ1v) is 8.60. The number of aliphatic carboxylic acids is 1. The highest BCUT2D eigenvalue weighted by molar-refractivity contribution is 7.99. The molecule has 120 valence electrons. The maximum absolute atomic E-state index is 12.7. The molecule has 1 unspecified atom stereocenters. The fourth-order valence-corrected chi connectivity index (χ4v) is 3.46. The molecule has 22 heavy (non-hydrogen) atoms. The number of carboxylic acids is 1. The minimum Gasteiger partial charge on any atom is -0.494 e. The van der Waals surface area contributed by atoms with Crippen LogP contribution in [0.1, 0.15) is 30.1 Å². The lowest BCUT2D eigenvalue weighted by molar-refractivity contribution is -0.138. The number of nitrogens with zero attached hydrogens (tertiary/aromatic N) is 1. The summed E-state index contributed by atoms with van der Waals surface area (Å²) in [6, 6.07) is 6.86. The number of hydrogen-bond acceptors (Lipinski definition) is 4. The van der Waals surface area contributed by atoms with Crippen LogP contribution in [0, 0.1) is 0 Å². The highest BCUT2D eigenvalue weighted by atomic mass is 32.2. The van der Waals surface area contributed by atoms with Crippen LogP contribution in [0.25, 0.3) is 0 Å². The summed E-state index contributed by atoms with van der Waals surface area (Å²) in [5.74, 6) is 1.20. The summed E-state index contributed by atoms with van der Waals surface area (Å²) in [5, 5.41) is 9.01. The predicted octanol–water partition coefficient (Wildman–Crippen LogP) is 2.51. The van der Waals surface area contributed by atoms with E-state index in [1.165, 1.54) is 0 Å². The molecule has 1 saturated heterocycles. The van der Waals surface area contributed by atoms with E-state index in [0.717, 1.165) is 12.2 Å². The van der Waals surface area contributed by atoms with E-state index < -0.39 is 5.97 Å². The highest BCUT2D eigenvalue weighted by Gasteiger charge is 2.29. The number of carboxylic acid groups (broad SMARTS) is 1. The van der Waals surface area contributed by atoms with Gasteiger partial charge in [0.05, 0.1) is 19.1 Å². The Morgan fingerprint density at radius 3 is 3.00 bits per heavy atom. The van der Waals surface area contributed by atoms with Crippen molar-refractivity contribution in [1.82, 2.24) is 4.90 Å². The molecule has 5 nitrogen and oxygen atoms in total. The van der Waals surface area contributed by atoms with E-state index in [4.69, 9.17) is 9.84 Å². The molecule has 0 spiro atoms. The summed E-state index contributed by atoms with van der Waals surface area (Å²) < 4.78 is 5.56. The molecule has 1 heterocycles. The molecule has 1 aromatic rings. The average Bonchev–Trinajstić information content (AvgIpc) is 2.52. The van der Waals surface area contributed by atoms with E-state index in [1.54, 1.807) is 34.9 Å². The number of rotatable bonds is 6. The summed E-state index contributed by atoms with van der Waals surface area (Å²) in [6.07, 6.45) is 0.896. The van der Waals surface area contributed by atoms with Crippen LogP contribution in [0.15, 0.2) is 24.3 Å². The molecule has 0 aromatic heterocycles. The summed E-state index contributed by atoms with van der Waals surface area (Å²) in [6.45, 7) is 3.22. The first kappa shape index (κ1) is 16.7. The standard InChI is InChI=1S/C16H21NO4S/c1-2-7-21-14-5-3-4-12(9-14)16(20)17-6-8-22-11-13(17)10-15(18)19/h3-5,9,13H,2,6-8,10-11H2,1H3,(H,18,19). The zero-order valence-electron chi connectivity index (χ0n) is 12.7. The number of carbonyl (C=O) groups excluding carboxylic acids is 1. The molecule has 0 saturated carbocycles. The fraction of sp³-hybridized carbons (Fsp3) is 0.500. The van der Waals surface area contributed by atoms with Gasteiger partial charge in [0.25, 0.3) is 5.91 Å². The first-order valence-electron chi connectivity index (χ1n) is 7.45. The Kier molecular flexibility index (Phi) is 6.12. The molecule has 6 heteroatoms. The Balaban J connectivity index is 2.12. The first-order chi connectivity index (χ1) is 10.6. The Morgan fingerprint density at radius 1 is 1.45 bits per heavy atom. The van der Waals surface area contributed by atoms with Crippen molar-refractivity contribution in [1.29, 1.82) is 0 Å². The normalized spacial score (nSPS) is 18.0. The van der Waals surface area contributed by atoms with Gasteiger partial charge in [-0.3, -0.25) is 9.59 Å². The van der Waals surface area contributed by atoms with Crippen molar-refractivity contribution in [2.24, 2.45) is 0 Å². The third-order valence-electron chi connectivity index (χ3n) is 3.45. The fourth-order valence-electron chi connectivity index (χ4n) is 2.40. The van der Waals surface area contributed by atoms with Crippen molar-refractivity contribution in [2.45, 2.75) is 25.8 Å². The van der Waals surface area contributed by atoms with E-state index in [-0.39, 0.29) is 18.4 Å². The Labute approximate surface area is 134 Å². The van der Waals surface area contributed by atoms with E-state index in [9.17, 15) is 9.59 Å². The molecule has 1 aliphatic rings. The molecule has 2 rings (SSSR count). The van der Waals surface area contributed by atoms with E-state index in [2.05, 4.69) is 0 Å². The number of hydrogen-bond donors (Lipinski definition) is 1. The number of ether oxygens (including phenoxy) is 1. The van der Waals surface area contributed by atoms with Crippen molar-refractivity contribution < 1.29 is 19.4 Å². The average molecular weight is 323 g/mol. The third kappa shape index (κ3) is 4.40. The summed E-state index contributed by atoms with van der Waals surface area (Å²) in [5.41, 5.74) is 0.552. The second-order valence-electron chi connectivity index (χ2n) is 5.20. The molecular formula is C16H21NO4S. The lowest BCUT2D eigenvalue weighted by Gasteiger charge is -2.34. The predicted molar refractivity (Wildman–Crippen MR) is 86.6 cm³/mol. The summed E-state index contributed by atoms with van der Waals surface area (Å²) >= 11 is 1.69. The number of thioether (sulfide) groups is 1. The van der Waals surface area contributed by atoms with E-state index in [1.807, 2.05) is 13.0 Å². The van der Waals surface area contributed by atoms with Crippen LogP contribution in [0.4, 0.5) is 0 Å². The molecule has 1 N–H and O–H groups in total. The van der Waals surface area contributed by atoms with Crippen LogP contribution < -0.4 is 4.74 Å². The van der Waals surface area contributed by atoms with Crippen LogP contribution in [-0.4, -0.2) is 52.6 Å². The topological polar surface area (TPSA) is 66.8 Å². The maximum atomic E-state index is 12.7. The SMILES string of the molecule is CCCOc1cccc(C(=O)N2CCSCC2CC(=O)O)c1. The zero-order valence-corrected chi connectivity index (χ0v) is 13.5. The van der Waals surface area contributed by atoms with Gasteiger partial charge in [0, 0.05) is 23.6 Å². The van der Waals surface area contributed by atoms with Gasteiger partial charge in [-0.15, -0.1) is 0 Å². The Morgan fingerprint density at radius 2 is 2.27 bits per heavy atom. The van der Waals surface area contributed by atoms with Gasteiger partial charge in [-0.25, -0.2) is 0 Å². The van der Waals surface area contributed by atoms with Gasteiger partial charge in [-0.1, -0.05) is 13.0 Å². The lowest BCUT2D eigenvalue weighted by atomic mass is 10.1. The smallest absolute Gasteiger partial charge is 0.305 e. The van der Waals surface area contributed by atoms with Crippen molar-refractivity contribution >= 4 is 23.6 Å². The zero-order chi connectivity index (χ0) is 15.9. The van der Waals surface area contributed by atoms with Crippen LogP contribution in [-0.2, 0) is 4.79 Å². The summed E-state index contributed by atoms with van der Waals surface area (Å²) in [4.78, 5) is 25.3. The molecule has 1 fully saturated rings. The second-order valence-corrected chi connectivity index (χ2v) is 6.35. The molecule has 0 bridgehead atoms. The maximum Gasteiger partial charge on any atom is 0.305 e. The van der Waals surface area contributed by atoms with Crippen LogP contribution >= 0.6 is 11.8 Å². The van der Waals surface area contributed by atoms with E-state index in [0.29, 0.717) is 30.2 Å². The van der Waals surface area contributed by atoms with Gasteiger partial charge < -0.3 is 14.7 Å². The van der Waals surface area contributed by atoms with Crippen molar-refractivity contribution in [3.63, 3.8) is 0 Å². The van der Waals surface area contributed by atoms with Crippen molar-refractivity contribution in [3.8, 4) is 5.75 Å². The molecule has 1 aromatic carbocycles. The van der Waals surface area contributed by atoms with Gasteiger partial charge in [0.1, 0.15) is 5.75 Å². The summed E-state index contributed by atoms with van der Waals surface area (Å²) in [7, 11) is 0. The number of carbonyl (C=O) groups is 2. The van der Waals surface area contributed by atoms with Gasteiger partial charge >= 0.3 is 5.97 Å². The number of amides is 1. The minimum absolute atomic E-state index is 0.00916. The van der Waals surface area contributed by atoms with Crippen molar-refractivity contribution in [2.75, 3.05) is 24.7 Å². The van der Waals surface area contributed by atoms with Gasteiger partial charge in [0.15, 0.2) is 0 Å². The van der Waals surface area contributed by atoms with Gasteiger partial charge in [0.2, 0.25) is 0 Å². The Bertz CT molecular complexity index is 535.